The van der Waals surface area contributed by atoms with Crippen molar-refractivity contribution in [3.05, 3.63) is 35.0 Å². The van der Waals surface area contributed by atoms with Crippen molar-refractivity contribution < 1.29 is 4.79 Å². The SMILES string of the molecule is Cc1[nH]c2ccc(C(=O)N3CCC(C)CC3)cc2c1C. The van der Waals surface area contributed by atoms with Crippen LogP contribution < -0.4 is 0 Å². The maximum Gasteiger partial charge on any atom is 0.253 e. The summed E-state index contributed by atoms with van der Waals surface area (Å²) in [5, 5.41) is 1.17. The zero-order valence-electron chi connectivity index (χ0n) is 12.5. The largest absolute Gasteiger partial charge is 0.358 e. The van der Waals surface area contributed by atoms with Gasteiger partial charge in [0.1, 0.15) is 0 Å². The predicted molar refractivity (Wildman–Crippen MR) is 82.1 cm³/mol. The van der Waals surface area contributed by atoms with Gasteiger partial charge < -0.3 is 9.88 Å². The number of hydrogen-bond donors (Lipinski definition) is 1. The molecule has 20 heavy (non-hydrogen) atoms. The third kappa shape index (κ3) is 2.21. The molecule has 3 rings (SSSR count). The standard InChI is InChI=1S/C17H22N2O/c1-11-6-8-19(9-7-11)17(20)14-4-5-16-15(10-14)12(2)13(3)18-16/h4-5,10-11,18H,6-9H2,1-3H3. The summed E-state index contributed by atoms with van der Waals surface area (Å²) in [5.74, 6) is 0.924. The van der Waals surface area contributed by atoms with Crippen molar-refractivity contribution in [1.29, 1.82) is 0 Å². The molecule has 1 N–H and O–H groups in total. The van der Waals surface area contributed by atoms with Crippen molar-refractivity contribution >= 4 is 16.8 Å². The summed E-state index contributed by atoms with van der Waals surface area (Å²) in [5.41, 5.74) is 4.34. The number of carbonyl (C=O) groups excluding carboxylic acids is 1. The molecule has 1 aromatic heterocycles. The number of fused-ring (bicyclic) bond motifs is 1. The number of piperidine rings is 1. The van der Waals surface area contributed by atoms with Gasteiger partial charge in [0.25, 0.3) is 5.91 Å². The number of nitrogens with zero attached hydrogens (tertiary/aromatic N) is 1. The van der Waals surface area contributed by atoms with Crippen LogP contribution in [0.25, 0.3) is 10.9 Å². The van der Waals surface area contributed by atoms with Crippen LogP contribution in [0.3, 0.4) is 0 Å². The number of rotatable bonds is 1. The zero-order chi connectivity index (χ0) is 14.3. The lowest BCUT2D eigenvalue weighted by Gasteiger charge is -2.30. The van der Waals surface area contributed by atoms with E-state index >= 15 is 0 Å². The normalized spacial score (nSPS) is 16.9. The Balaban J connectivity index is 1.90. The van der Waals surface area contributed by atoms with Gasteiger partial charge in [-0.3, -0.25) is 4.79 Å². The highest BCUT2D eigenvalue weighted by molar-refractivity contribution is 5.99. The maximum absolute atomic E-state index is 12.6. The Morgan fingerprint density at radius 1 is 1.25 bits per heavy atom. The Bertz CT molecular complexity index is 648. The van der Waals surface area contributed by atoms with Crippen LogP contribution in [0.1, 0.15) is 41.4 Å². The molecule has 1 aliphatic heterocycles. The molecule has 3 nitrogen and oxygen atoms in total. The molecule has 1 fully saturated rings. The van der Waals surface area contributed by atoms with E-state index in [1.807, 2.05) is 23.1 Å². The molecular formula is C17H22N2O. The quantitative estimate of drug-likeness (QED) is 0.843. The number of nitrogens with one attached hydrogen (secondary N) is 1. The summed E-state index contributed by atoms with van der Waals surface area (Å²) in [6, 6.07) is 6.00. The minimum Gasteiger partial charge on any atom is -0.358 e. The molecule has 0 saturated carbocycles. The highest BCUT2D eigenvalue weighted by Crippen LogP contribution is 2.24. The van der Waals surface area contributed by atoms with Crippen LogP contribution in [-0.2, 0) is 0 Å². The second kappa shape index (κ2) is 4.97. The molecular weight excluding hydrogens is 248 g/mol. The Hall–Kier alpha value is -1.77. The van der Waals surface area contributed by atoms with Crippen molar-refractivity contribution in [3.8, 4) is 0 Å². The minimum atomic E-state index is 0.178. The molecule has 0 radical (unpaired) electrons. The summed E-state index contributed by atoms with van der Waals surface area (Å²) in [4.78, 5) is 17.9. The van der Waals surface area contributed by atoms with Crippen molar-refractivity contribution in [2.75, 3.05) is 13.1 Å². The first-order valence-corrected chi connectivity index (χ1v) is 7.44. The summed E-state index contributed by atoms with van der Waals surface area (Å²) in [6.45, 7) is 8.22. The van der Waals surface area contributed by atoms with Crippen LogP contribution in [0.15, 0.2) is 18.2 Å². The third-order valence-electron chi connectivity index (χ3n) is 4.63. The Labute approximate surface area is 120 Å². The smallest absolute Gasteiger partial charge is 0.253 e. The van der Waals surface area contributed by atoms with Gasteiger partial charge in [-0.25, -0.2) is 0 Å². The van der Waals surface area contributed by atoms with Crippen LogP contribution in [0.5, 0.6) is 0 Å². The van der Waals surface area contributed by atoms with Crippen molar-refractivity contribution in [2.24, 2.45) is 5.92 Å². The van der Waals surface area contributed by atoms with Gasteiger partial charge in [-0.1, -0.05) is 6.92 Å². The van der Waals surface area contributed by atoms with Gasteiger partial charge in [0, 0.05) is 35.2 Å². The lowest BCUT2D eigenvalue weighted by molar-refractivity contribution is 0.0697. The maximum atomic E-state index is 12.6. The molecule has 2 aromatic rings. The van der Waals surface area contributed by atoms with E-state index in [0.717, 1.165) is 42.9 Å². The number of aromatic nitrogens is 1. The first-order chi connectivity index (χ1) is 9.56. The molecule has 0 aliphatic carbocycles. The van der Waals surface area contributed by atoms with Gasteiger partial charge in [-0.05, 0) is 56.4 Å². The topological polar surface area (TPSA) is 36.1 Å². The molecule has 106 valence electrons. The fraction of sp³-hybridized carbons (Fsp3) is 0.471. The molecule has 3 heteroatoms. The lowest BCUT2D eigenvalue weighted by Crippen LogP contribution is -2.37. The second-order valence-electron chi connectivity index (χ2n) is 6.11. The highest BCUT2D eigenvalue weighted by Gasteiger charge is 2.21. The zero-order valence-corrected chi connectivity index (χ0v) is 12.5. The second-order valence-corrected chi connectivity index (χ2v) is 6.11. The van der Waals surface area contributed by atoms with E-state index in [4.69, 9.17) is 0 Å². The molecule has 0 spiro atoms. The Morgan fingerprint density at radius 3 is 2.65 bits per heavy atom. The molecule has 2 heterocycles. The number of H-pyrrole nitrogens is 1. The predicted octanol–water partition coefficient (Wildman–Crippen LogP) is 3.66. The van der Waals surface area contributed by atoms with Crippen LogP contribution in [0.2, 0.25) is 0 Å². The van der Waals surface area contributed by atoms with E-state index in [-0.39, 0.29) is 5.91 Å². The highest BCUT2D eigenvalue weighted by atomic mass is 16.2. The molecule has 1 aliphatic rings. The minimum absolute atomic E-state index is 0.178. The van der Waals surface area contributed by atoms with Crippen molar-refractivity contribution in [1.82, 2.24) is 9.88 Å². The summed E-state index contributed by atoms with van der Waals surface area (Å²) in [6.07, 6.45) is 2.24. The Kier molecular flexibility index (Phi) is 3.28. The van der Waals surface area contributed by atoms with Gasteiger partial charge in [0.2, 0.25) is 0 Å². The van der Waals surface area contributed by atoms with Gasteiger partial charge in [0.05, 0.1) is 0 Å². The van der Waals surface area contributed by atoms with E-state index in [2.05, 4.69) is 25.8 Å². The average molecular weight is 270 g/mol. The first kappa shape index (κ1) is 13.2. The molecule has 0 unspecified atom stereocenters. The molecule has 1 amide bonds. The van der Waals surface area contributed by atoms with Crippen LogP contribution in [0.4, 0.5) is 0 Å². The van der Waals surface area contributed by atoms with Gasteiger partial charge >= 0.3 is 0 Å². The van der Waals surface area contributed by atoms with Crippen molar-refractivity contribution in [3.63, 3.8) is 0 Å². The molecule has 1 saturated heterocycles. The van der Waals surface area contributed by atoms with E-state index in [1.54, 1.807) is 0 Å². The summed E-state index contributed by atoms with van der Waals surface area (Å²) < 4.78 is 0. The number of amides is 1. The van der Waals surface area contributed by atoms with Crippen LogP contribution in [0, 0.1) is 19.8 Å². The average Bonchev–Trinajstić information content (AvgIpc) is 2.74. The number of carbonyl (C=O) groups is 1. The number of aromatic amines is 1. The Morgan fingerprint density at radius 2 is 1.95 bits per heavy atom. The summed E-state index contributed by atoms with van der Waals surface area (Å²) >= 11 is 0. The molecule has 0 bridgehead atoms. The van der Waals surface area contributed by atoms with Gasteiger partial charge in [-0.2, -0.15) is 0 Å². The van der Waals surface area contributed by atoms with Gasteiger partial charge in [0.15, 0.2) is 0 Å². The van der Waals surface area contributed by atoms with E-state index in [9.17, 15) is 4.79 Å². The number of hydrogen-bond acceptors (Lipinski definition) is 1. The molecule has 1 aromatic carbocycles. The molecule has 0 atom stereocenters. The lowest BCUT2D eigenvalue weighted by atomic mass is 9.98. The fourth-order valence-electron chi connectivity index (χ4n) is 2.99. The van der Waals surface area contributed by atoms with E-state index < -0.39 is 0 Å². The van der Waals surface area contributed by atoms with Gasteiger partial charge in [-0.15, -0.1) is 0 Å². The van der Waals surface area contributed by atoms with Crippen LogP contribution in [-0.4, -0.2) is 28.9 Å². The summed E-state index contributed by atoms with van der Waals surface area (Å²) in [7, 11) is 0. The number of aryl methyl sites for hydroxylation is 2. The fourth-order valence-corrected chi connectivity index (χ4v) is 2.99. The van der Waals surface area contributed by atoms with Crippen molar-refractivity contribution in [2.45, 2.75) is 33.6 Å². The van der Waals surface area contributed by atoms with E-state index in [1.165, 1.54) is 16.6 Å². The number of likely N-dealkylation sites (tertiary alicyclic amines) is 1. The van der Waals surface area contributed by atoms with Crippen LogP contribution >= 0.6 is 0 Å². The number of benzene rings is 1. The third-order valence-corrected chi connectivity index (χ3v) is 4.63. The van der Waals surface area contributed by atoms with E-state index in [0.29, 0.717) is 0 Å². The monoisotopic (exact) mass is 270 g/mol. The first-order valence-electron chi connectivity index (χ1n) is 7.44.